The Balaban J connectivity index is 4.17. The Bertz CT molecular complexity index is 2470. The normalized spacial score (nSPS) is 13.9. The molecule has 0 rings (SSSR count). The monoisotopic (exact) mass is 1390 g/mol. The minimum Gasteiger partial charge on any atom is -0.477 e. The minimum absolute atomic E-state index is 0.175. The molecule has 101 heavy (non-hydrogen) atoms. The largest absolute Gasteiger partial charge is 0.477 e. The highest BCUT2D eigenvalue weighted by Gasteiger charge is 2.25. The van der Waals surface area contributed by atoms with E-state index < -0.39 is 24.3 Å². The summed E-state index contributed by atoms with van der Waals surface area (Å²) in [4.78, 5) is 37.8. The van der Waals surface area contributed by atoms with Crippen LogP contribution in [-0.2, 0) is 33.3 Å². The lowest BCUT2D eigenvalue weighted by Gasteiger charge is -2.25. The number of carbonyl (C=O) groups excluding carboxylic acids is 2. The van der Waals surface area contributed by atoms with Crippen LogP contribution in [0.3, 0.4) is 0 Å². The van der Waals surface area contributed by atoms with Gasteiger partial charge in [-0.1, -0.05) is 335 Å². The molecule has 0 aliphatic carbocycles. The van der Waals surface area contributed by atoms with E-state index in [4.69, 9.17) is 18.9 Å². The highest BCUT2D eigenvalue weighted by atomic mass is 16.7. The fourth-order valence-corrected chi connectivity index (χ4v) is 10.2. The fraction of sp³-hybridized carbons (Fsp3) is 0.576. The average molecular weight is 1390 g/mol. The standard InChI is InChI=1S/C92H145NO8/c1-6-8-10-12-14-16-18-20-22-24-26-28-30-32-34-36-38-40-42-43-44-45-46-47-49-51-53-55-57-59-61-63-65-67-69-71-73-75-77-79-81-83-90(95)101-88(87-100-92(91(96)97)98-85-84-93(3,4)5)86-99-89(94)82-80-78-76-74-72-70-68-66-64-62-60-58-56-54-52-50-48-41-39-37-35-33-31-29-27-25-23-21-19-17-15-13-11-9-7-2/h8-11,14-17,20-23,26-29,32-35,38-41,43-44,46-47,50-53,57,59,63,65,88,92H,6-7,12-13,18-19,24-25,30-31,36-37,42,45,48-49,54-56,58,60-62,64,66-87H2,1-5H3/p+1/b10-8-,11-9-,16-14-,17-15-,22-20-,23-21-,28-26-,29-27-,34-32-,35-33-,40-38-,41-39-,44-43-,47-46-,52-50-,53-51-,59-57-,65-63-. The van der Waals surface area contributed by atoms with Gasteiger partial charge in [-0.3, -0.25) is 9.59 Å². The molecule has 566 valence electrons. The third-order valence-corrected chi connectivity index (χ3v) is 16.2. The zero-order valence-electron chi connectivity index (χ0n) is 64.7. The summed E-state index contributed by atoms with van der Waals surface area (Å²) in [6.07, 6.45) is 122. The number of rotatable bonds is 71. The Kier molecular flexibility index (Phi) is 74.3. The molecule has 0 spiro atoms. The van der Waals surface area contributed by atoms with E-state index in [0.29, 0.717) is 17.4 Å². The molecule has 0 bridgehead atoms. The average Bonchev–Trinajstić information content (AvgIpc) is 1.21. The zero-order valence-corrected chi connectivity index (χ0v) is 64.7. The van der Waals surface area contributed by atoms with Gasteiger partial charge < -0.3 is 28.5 Å². The summed E-state index contributed by atoms with van der Waals surface area (Å²) in [5.74, 6) is -2.04. The van der Waals surface area contributed by atoms with E-state index in [9.17, 15) is 19.5 Å². The zero-order chi connectivity index (χ0) is 73.2. The summed E-state index contributed by atoms with van der Waals surface area (Å²) in [5.41, 5.74) is 0. The first-order chi connectivity index (χ1) is 49.6. The highest BCUT2D eigenvalue weighted by molar-refractivity contribution is 5.71. The smallest absolute Gasteiger partial charge is 0.361 e. The second-order valence-electron chi connectivity index (χ2n) is 26.9. The van der Waals surface area contributed by atoms with Gasteiger partial charge in [-0.05, 0) is 154 Å². The van der Waals surface area contributed by atoms with E-state index in [1.807, 2.05) is 21.1 Å². The number of esters is 2. The van der Waals surface area contributed by atoms with Crippen LogP contribution in [-0.4, -0.2) is 87.4 Å². The van der Waals surface area contributed by atoms with Gasteiger partial charge in [-0.15, -0.1) is 0 Å². The third-order valence-electron chi connectivity index (χ3n) is 16.2. The molecule has 9 nitrogen and oxygen atoms in total. The molecular formula is C92H146NO8+. The van der Waals surface area contributed by atoms with E-state index in [1.54, 1.807) is 0 Å². The van der Waals surface area contributed by atoms with Gasteiger partial charge in [-0.2, -0.15) is 0 Å². The van der Waals surface area contributed by atoms with E-state index in [-0.39, 0.29) is 38.6 Å². The van der Waals surface area contributed by atoms with Crippen LogP contribution in [0.1, 0.15) is 284 Å². The molecule has 1 N–H and O–H groups in total. The van der Waals surface area contributed by atoms with Gasteiger partial charge in [0.2, 0.25) is 0 Å². The number of likely N-dealkylation sites (N-methyl/N-ethyl adjacent to an activating group) is 1. The van der Waals surface area contributed by atoms with Crippen molar-refractivity contribution in [2.24, 2.45) is 0 Å². The van der Waals surface area contributed by atoms with E-state index in [1.165, 1.54) is 89.9 Å². The van der Waals surface area contributed by atoms with Crippen LogP contribution in [0.4, 0.5) is 0 Å². The van der Waals surface area contributed by atoms with Crippen LogP contribution in [0.2, 0.25) is 0 Å². The van der Waals surface area contributed by atoms with E-state index in [2.05, 4.69) is 233 Å². The maximum absolute atomic E-state index is 13.0. The summed E-state index contributed by atoms with van der Waals surface area (Å²) in [5, 5.41) is 9.78. The van der Waals surface area contributed by atoms with Gasteiger partial charge in [0.25, 0.3) is 6.29 Å². The number of carboxylic acids is 1. The van der Waals surface area contributed by atoms with Crippen LogP contribution < -0.4 is 0 Å². The molecule has 0 amide bonds. The van der Waals surface area contributed by atoms with Crippen LogP contribution in [0.5, 0.6) is 0 Å². The summed E-state index contributed by atoms with van der Waals surface area (Å²) in [6.45, 7) is 4.62. The molecule has 0 aromatic heterocycles. The van der Waals surface area contributed by atoms with Crippen molar-refractivity contribution in [1.82, 2.24) is 0 Å². The minimum atomic E-state index is -1.53. The van der Waals surface area contributed by atoms with Crippen molar-refractivity contribution in [3.8, 4) is 0 Å². The number of quaternary nitrogens is 1. The van der Waals surface area contributed by atoms with Crippen molar-refractivity contribution in [2.45, 2.75) is 296 Å². The number of carbonyl (C=O) groups is 3. The van der Waals surface area contributed by atoms with Gasteiger partial charge >= 0.3 is 17.9 Å². The second kappa shape index (κ2) is 79.3. The molecule has 2 atom stereocenters. The first-order valence-corrected chi connectivity index (χ1v) is 39.9. The maximum Gasteiger partial charge on any atom is 0.361 e. The predicted molar refractivity (Wildman–Crippen MR) is 437 cm³/mol. The van der Waals surface area contributed by atoms with Crippen molar-refractivity contribution >= 4 is 17.9 Å². The number of aliphatic carboxylic acids is 1. The summed E-state index contributed by atoms with van der Waals surface area (Å²) in [6, 6.07) is 0. The first-order valence-electron chi connectivity index (χ1n) is 39.9. The fourth-order valence-electron chi connectivity index (χ4n) is 10.2. The first kappa shape index (κ1) is 94.6. The molecule has 0 aliphatic rings. The van der Waals surface area contributed by atoms with E-state index >= 15 is 0 Å². The number of carboxylic acid groups (broad SMARTS) is 1. The predicted octanol–water partition coefficient (Wildman–Crippen LogP) is 26.0. The maximum atomic E-state index is 13.0. The van der Waals surface area contributed by atoms with Crippen molar-refractivity contribution in [2.75, 3.05) is 47.5 Å². The molecular weight excluding hydrogens is 1250 g/mol. The number of unbranched alkanes of at least 4 members (excludes halogenated alkanes) is 20. The molecule has 0 aliphatic heterocycles. The van der Waals surface area contributed by atoms with Crippen molar-refractivity contribution < 1.29 is 42.9 Å². The van der Waals surface area contributed by atoms with Gasteiger partial charge in [0.1, 0.15) is 13.2 Å². The van der Waals surface area contributed by atoms with Gasteiger partial charge in [-0.25, -0.2) is 4.79 Å². The number of nitrogens with zero attached hydrogens (tertiary/aromatic N) is 1. The summed E-state index contributed by atoms with van der Waals surface area (Å²) in [7, 11) is 5.96. The van der Waals surface area contributed by atoms with Crippen LogP contribution >= 0.6 is 0 Å². The lowest BCUT2D eigenvalue weighted by Crippen LogP contribution is -2.40. The Labute approximate surface area is 619 Å². The number of ether oxygens (including phenoxy) is 4. The quantitative estimate of drug-likeness (QED) is 0.0211. The second-order valence-corrected chi connectivity index (χ2v) is 26.9. The molecule has 0 fully saturated rings. The van der Waals surface area contributed by atoms with Crippen molar-refractivity contribution in [3.63, 3.8) is 0 Å². The van der Waals surface area contributed by atoms with Crippen molar-refractivity contribution in [1.29, 1.82) is 0 Å². The molecule has 0 saturated heterocycles. The molecule has 0 heterocycles. The van der Waals surface area contributed by atoms with Crippen LogP contribution in [0.15, 0.2) is 219 Å². The number of hydrogen-bond donors (Lipinski definition) is 1. The van der Waals surface area contributed by atoms with Gasteiger partial charge in [0, 0.05) is 12.8 Å². The SMILES string of the molecule is CC/C=C\C/C=C\C/C=C\C/C=C\C/C=C\C/C=C\C/C=C\C/C=C\C/C=C\C/C=C\C/C=C\CCCCCCCCCC(=O)OC(COC(=O)CCCCCCCCCCCCCCC/C=C\C/C=C\C/C=C\C/C=C\C/C=C\C/C=C\C/C=C\CC)COC(OCC[N+](C)(C)C)C(=O)O. The summed E-state index contributed by atoms with van der Waals surface area (Å²) >= 11 is 0. The highest BCUT2D eigenvalue weighted by Crippen LogP contribution is 2.16. The molecule has 9 heteroatoms. The van der Waals surface area contributed by atoms with Crippen LogP contribution in [0, 0.1) is 0 Å². The van der Waals surface area contributed by atoms with Gasteiger partial charge in [0.15, 0.2) is 6.10 Å². The Hall–Kier alpha value is -6.39. The lowest BCUT2D eigenvalue weighted by molar-refractivity contribution is -0.870. The van der Waals surface area contributed by atoms with Crippen molar-refractivity contribution in [3.05, 3.63) is 219 Å². The van der Waals surface area contributed by atoms with Crippen LogP contribution in [0.25, 0.3) is 0 Å². The molecule has 0 aromatic rings. The van der Waals surface area contributed by atoms with E-state index in [0.717, 1.165) is 161 Å². The molecule has 0 radical (unpaired) electrons. The summed E-state index contributed by atoms with van der Waals surface area (Å²) < 4.78 is 23.0. The topological polar surface area (TPSA) is 108 Å². The Morgan fingerprint density at radius 1 is 0.297 bits per heavy atom. The Morgan fingerprint density at radius 2 is 0.535 bits per heavy atom. The molecule has 0 aromatic carbocycles. The van der Waals surface area contributed by atoms with Gasteiger partial charge in [0.05, 0.1) is 34.4 Å². The molecule has 0 saturated carbocycles. The molecule has 2 unspecified atom stereocenters. The number of allylic oxidation sites excluding steroid dienone is 36. The number of hydrogen-bond acceptors (Lipinski definition) is 7. The Morgan fingerprint density at radius 3 is 0.792 bits per heavy atom. The lowest BCUT2D eigenvalue weighted by atomic mass is 10.0. The third kappa shape index (κ3) is 80.8.